The summed E-state index contributed by atoms with van der Waals surface area (Å²) >= 11 is 0. The van der Waals surface area contributed by atoms with Crippen molar-refractivity contribution in [3.63, 3.8) is 0 Å². The molecule has 0 aliphatic heterocycles. The summed E-state index contributed by atoms with van der Waals surface area (Å²) in [6.45, 7) is 6.41. The lowest BCUT2D eigenvalue weighted by Gasteiger charge is -2.08. The largest absolute Gasteiger partial charge is 0.465 e. The standard InChI is InChI=1S/C18H35NO3/c1-4-5-6-7-8-9-10-11-12-13-14-22-18(21)15-17(20)19-16(2)3/h16H,4-15H2,1-3H3,(H,19,20). The highest BCUT2D eigenvalue weighted by molar-refractivity contribution is 5.94. The van der Waals surface area contributed by atoms with E-state index in [0.717, 1.165) is 12.8 Å². The third-order valence-corrected chi connectivity index (χ3v) is 3.52. The normalized spacial score (nSPS) is 10.7. The number of amides is 1. The summed E-state index contributed by atoms with van der Waals surface area (Å²) in [6.07, 6.45) is 12.4. The average molecular weight is 313 g/mol. The molecule has 0 fully saturated rings. The van der Waals surface area contributed by atoms with Crippen LogP contribution in [0.4, 0.5) is 0 Å². The Balaban J connectivity index is 3.28. The number of unbranched alkanes of at least 4 members (excludes halogenated alkanes) is 9. The number of carbonyl (C=O) groups excluding carboxylic acids is 2. The lowest BCUT2D eigenvalue weighted by atomic mass is 10.1. The van der Waals surface area contributed by atoms with Crippen LogP contribution in [0.15, 0.2) is 0 Å². The van der Waals surface area contributed by atoms with Crippen LogP contribution in [0.5, 0.6) is 0 Å². The van der Waals surface area contributed by atoms with Crippen LogP contribution in [-0.2, 0) is 14.3 Å². The second-order valence-corrected chi connectivity index (χ2v) is 6.30. The van der Waals surface area contributed by atoms with Gasteiger partial charge in [-0.25, -0.2) is 0 Å². The maximum Gasteiger partial charge on any atom is 0.315 e. The van der Waals surface area contributed by atoms with Crippen LogP contribution in [0.2, 0.25) is 0 Å². The minimum Gasteiger partial charge on any atom is -0.465 e. The topological polar surface area (TPSA) is 55.4 Å². The van der Waals surface area contributed by atoms with Crippen LogP contribution in [0.25, 0.3) is 0 Å². The van der Waals surface area contributed by atoms with Gasteiger partial charge in [0.05, 0.1) is 6.61 Å². The summed E-state index contributed by atoms with van der Waals surface area (Å²) in [6, 6.07) is 0.0577. The number of nitrogens with one attached hydrogen (secondary N) is 1. The van der Waals surface area contributed by atoms with Gasteiger partial charge in [-0.15, -0.1) is 0 Å². The Kier molecular flexibility index (Phi) is 14.1. The van der Waals surface area contributed by atoms with Gasteiger partial charge < -0.3 is 10.1 Å². The highest BCUT2D eigenvalue weighted by Crippen LogP contribution is 2.10. The summed E-state index contributed by atoms with van der Waals surface area (Å²) in [5, 5.41) is 2.68. The molecule has 0 radical (unpaired) electrons. The zero-order valence-corrected chi connectivity index (χ0v) is 14.8. The molecule has 0 aromatic heterocycles. The van der Waals surface area contributed by atoms with Gasteiger partial charge in [-0.1, -0.05) is 64.7 Å². The van der Waals surface area contributed by atoms with E-state index in [0.29, 0.717) is 6.61 Å². The Morgan fingerprint density at radius 1 is 0.864 bits per heavy atom. The predicted octanol–water partition coefficient (Wildman–Crippen LogP) is 4.37. The van der Waals surface area contributed by atoms with Crippen LogP contribution in [0.3, 0.4) is 0 Å². The van der Waals surface area contributed by atoms with Crippen molar-refractivity contribution in [3.8, 4) is 0 Å². The van der Waals surface area contributed by atoms with Gasteiger partial charge in [0.15, 0.2) is 0 Å². The van der Waals surface area contributed by atoms with E-state index in [4.69, 9.17) is 4.74 Å². The van der Waals surface area contributed by atoms with Crippen molar-refractivity contribution >= 4 is 11.9 Å². The third-order valence-electron chi connectivity index (χ3n) is 3.52. The lowest BCUT2D eigenvalue weighted by molar-refractivity contribution is -0.146. The molecule has 22 heavy (non-hydrogen) atoms. The van der Waals surface area contributed by atoms with Gasteiger partial charge in [-0.3, -0.25) is 9.59 Å². The van der Waals surface area contributed by atoms with Crippen LogP contribution in [-0.4, -0.2) is 24.5 Å². The maximum atomic E-state index is 11.4. The number of ether oxygens (including phenoxy) is 1. The van der Waals surface area contributed by atoms with Crippen molar-refractivity contribution < 1.29 is 14.3 Å². The molecule has 4 heteroatoms. The Hall–Kier alpha value is -1.06. The molecule has 0 aromatic rings. The molecule has 0 heterocycles. The molecule has 0 aliphatic rings. The highest BCUT2D eigenvalue weighted by atomic mass is 16.5. The van der Waals surface area contributed by atoms with E-state index in [1.807, 2.05) is 13.8 Å². The molecule has 1 amide bonds. The fourth-order valence-corrected chi connectivity index (χ4v) is 2.33. The van der Waals surface area contributed by atoms with Gasteiger partial charge in [-0.05, 0) is 20.3 Å². The first-order valence-corrected chi connectivity index (χ1v) is 9.01. The smallest absolute Gasteiger partial charge is 0.315 e. The predicted molar refractivity (Wildman–Crippen MR) is 90.7 cm³/mol. The van der Waals surface area contributed by atoms with Crippen molar-refractivity contribution in [1.29, 1.82) is 0 Å². The molecule has 0 aliphatic carbocycles. The van der Waals surface area contributed by atoms with Gasteiger partial charge >= 0.3 is 5.97 Å². The SMILES string of the molecule is CCCCCCCCCCCCOC(=O)CC(=O)NC(C)C. The molecular weight excluding hydrogens is 278 g/mol. The van der Waals surface area contributed by atoms with E-state index in [9.17, 15) is 9.59 Å². The monoisotopic (exact) mass is 313 g/mol. The molecule has 0 bridgehead atoms. The number of rotatable bonds is 14. The zero-order chi connectivity index (χ0) is 16.6. The number of carbonyl (C=O) groups is 2. The fraction of sp³-hybridized carbons (Fsp3) is 0.889. The molecule has 0 spiro atoms. The minimum absolute atomic E-state index is 0.0577. The molecule has 4 nitrogen and oxygen atoms in total. The Morgan fingerprint density at radius 2 is 1.36 bits per heavy atom. The second-order valence-electron chi connectivity index (χ2n) is 6.30. The molecule has 0 unspecified atom stereocenters. The summed E-state index contributed by atoms with van der Waals surface area (Å²) in [5.74, 6) is -0.683. The minimum atomic E-state index is -0.422. The van der Waals surface area contributed by atoms with Crippen LogP contribution in [0, 0.1) is 0 Å². The highest BCUT2D eigenvalue weighted by Gasteiger charge is 2.10. The molecule has 0 atom stereocenters. The zero-order valence-electron chi connectivity index (χ0n) is 14.8. The van der Waals surface area contributed by atoms with Gasteiger partial charge in [-0.2, -0.15) is 0 Å². The lowest BCUT2D eigenvalue weighted by Crippen LogP contribution is -2.32. The number of esters is 1. The van der Waals surface area contributed by atoms with Gasteiger partial charge in [0.1, 0.15) is 6.42 Å². The first kappa shape index (κ1) is 20.9. The number of hydrogen-bond donors (Lipinski definition) is 1. The van der Waals surface area contributed by atoms with E-state index < -0.39 is 5.97 Å². The van der Waals surface area contributed by atoms with E-state index >= 15 is 0 Å². The summed E-state index contributed by atoms with van der Waals surface area (Å²) in [5.41, 5.74) is 0. The first-order valence-electron chi connectivity index (χ1n) is 9.01. The quantitative estimate of drug-likeness (QED) is 0.294. The van der Waals surface area contributed by atoms with Crippen LogP contribution < -0.4 is 5.32 Å². The van der Waals surface area contributed by atoms with Crippen molar-refractivity contribution in [1.82, 2.24) is 5.32 Å². The van der Waals surface area contributed by atoms with Gasteiger partial charge in [0, 0.05) is 6.04 Å². The van der Waals surface area contributed by atoms with E-state index in [1.165, 1.54) is 51.4 Å². The second kappa shape index (κ2) is 14.9. The Bertz CT molecular complexity index is 290. The van der Waals surface area contributed by atoms with Crippen LogP contribution >= 0.6 is 0 Å². The van der Waals surface area contributed by atoms with E-state index in [-0.39, 0.29) is 18.4 Å². The number of hydrogen-bond acceptors (Lipinski definition) is 3. The Labute approximate surface area is 136 Å². The molecule has 0 saturated carbocycles. The summed E-state index contributed by atoms with van der Waals surface area (Å²) < 4.78 is 5.07. The van der Waals surface area contributed by atoms with Crippen molar-refractivity contribution in [2.24, 2.45) is 0 Å². The van der Waals surface area contributed by atoms with Gasteiger partial charge in [0.25, 0.3) is 0 Å². The molecular formula is C18H35NO3. The fourth-order valence-electron chi connectivity index (χ4n) is 2.33. The van der Waals surface area contributed by atoms with Crippen LogP contribution in [0.1, 0.15) is 91.4 Å². The molecule has 0 aromatic carbocycles. The maximum absolute atomic E-state index is 11.4. The first-order chi connectivity index (χ1) is 10.6. The molecule has 0 saturated heterocycles. The van der Waals surface area contributed by atoms with Gasteiger partial charge in [0.2, 0.25) is 5.91 Å². The third kappa shape index (κ3) is 15.3. The van der Waals surface area contributed by atoms with E-state index in [1.54, 1.807) is 0 Å². The summed E-state index contributed by atoms with van der Waals surface area (Å²) in [4.78, 5) is 22.8. The molecule has 130 valence electrons. The molecule has 1 N–H and O–H groups in total. The van der Waals surface area contributed by atoms with Crippen molar-refractivity contribution in [2.75, 3.05) is 6.61 Å². The van der Waals surface area contributed by atoms with E-state index in [2.05, 4.69) is 12.2 Å². The summed E-state index contributed by atoms with van der Waals surface area (Å²) in [7, 11) is 0. The molecule has 0 rings (SSSR count). The van der Waals surface area contributed by atoms with Crippen molar-refractivity contribution in [3.05, 3.63) is 0 Å². The Morgan fingerprint density at radius 3 is 1.86 bits per heavy atom. The van der Waals surface area contributed by atoms with Crippen molar-refractivity contribution in [2.45, 2.75) is 97.4 Å². The average Bonchev–Trinajstić information content (AvgIpc) is 2.43.